The fourth-order valence-electron chi connectivity index (χ4n) is 3.49. The van der Waals surface area contributed by atoms with Gasteiger partial charge < -0.3 is 49.7 Å². The summed E-state index contributed by atoms with van der Waals surface area (Å²) in [7, 11) is 0. The average molecular weight is 530 g/mol. The standard InChI is InChI=1S/C23H47N9O5/c1-14(2)18(32-19(33)15(26)8-3-5-11-24)21(35)30-16(9-4-6-12-25)20(34)31-17(22(36)37)10-7-13-29-23(27)28/h14-18H,3-13,24-26H2,1-2H3,(H,30,35)(H,31,34)(H,32,33)(H,36,37)(H4,27,28,29). The van der Waals surface area contributed by atoms with E-state index in [0.29, 0.717) is 45.2 Å². The number of carboxylic acid groups (broad SMARTS) is 1. The number of rotatable bonds is 20. The lowest BCUT2D eigenvalue weighted by molar-refractivity contribution is -0.142. The number of aliphatic imine (C=N–C) groups is 1. The molecule has 0 aromatic heterocycles. The Morgan fingerprint density at radius 2 is 1.30 bits per heavy atom. The predicted octanol–water partition coefficient (Wildman–Crippen LogP) is -2.18. The Hall–Kier alpha value is -2.97. The van der Waals surface area contributed by atoms with Crippen molar-refractivity contribution < 1.29 is 24.3 Å². The van der Waals surface area contributed by atoms with Crippen LogP contribution in [-0.4, -0.2) is 78.6 Å². The van der Waals surface area contributed by atoms with Crippen LogP contribution in [0.1, 0.15) is 65.2 Å². The minimum atomic E-state index is -1.22. The maximum atomic E-state index is 13.1. The number of amides is 3. The molecule has 214 valence electrons. The van der Waals surface area contributed by atoms with Crippen molar-refractivity contribution in [1.29, 1.82) is 0 Å². The normalized spacial score (nSPS) is 14.2. The molecule has 3 amide bonds. The highest BCUT2D eigenvalue weighted by Gasteiger charge is 2.31. The highest BCUT2D eigenvalue weighted by atomic mass is 16.4. The van der Waals surface area contributed by atoms with Crippen LogP contribution in [-0.2, 0) is 19.2 Å². The van der Waals surface area contributed by atoms with Gasteiger partial charge in [-0.2, -0.15) is 0 Å². The molecule has 14 nitrogen and oxygen atoms in total. The van der Waals surface area contributed by atoms with E-state index in [-0.39, 0.29) is 31.3 Å². The summed E-state index contributed by atoms with van der Waals surface area (Å²) in [5.74, 6) is -3.31. The Morgan fingerprint density at radius 3 is 1.81 bits per heavy atom. The van der Waals surface area contributed by atoms with Gasteiger partial charge in [-0.15, -0.1) is 0 Å². The van der Waals surface area contributed by atoms with Crippen molar-refractivity contribution in [2.75, 3.05) is 19.6 Å². The summed E-state index contributed by atoms with van der Waals surface area (Å²) in [5, 5.41) is 17.3. The summed E-state index contributed by atoms with van der Waals surface area (Å²) in [6.07, 6.45) is 3.65. The number of guanidine groups is 1. The minimum Gasteiger partial charge on any atom is -0.480 e. The number of nitrogens with zero attached hydrogens (tertiary/aromatic N) is 1. The molecule has 14 N–H and O–H groups in total. The first kappa shape index (κ1) is 34.0. The van der Waals surface area contributed by atoms with Gasteiger partial charge in [-0.05, 0) is 64.0 Å². The SMILES string of the molecule is CC(C)C(NC(=O)C(N)CCCCN)C(=O)NC(CCCCN)C(=O)NC(CCCN=C(N)N)C(=O)O. The Bertz CT molecular complexity index is 744. The van der Waals surface area contributed by atoms with Crippen molar-refractivity contribution in [3.8, 4) is 0 Å². The van der Waals surface area contributed by atoms with Crippen LogP contribution in [0, 0.1) is 5.92 Å². The second-order valence-corrected chi connectivity index (χ2v) is 9.32. The van der Waals surface area contributed by atoms with Gasteiger partial charge in [0.15, 0.2) is 5.96 Å². The van der Waals surface area contributed by atoms with E-state index in [9.17, 15) is 24.3 Å². The van der Waals surface area contributed by atoms with Crippen LogP contribution < -0.4 is 44.6 Å². The zero-order valence-electron chi connectivity index (χ0n) is 22.1. The molecular formula is C23H47N9O5. The van der Waals surface area contributed by atoms with Crippen LogP contribution in [0.4, 0.5) is 0 Å². The monoisotopic (exact) mass is 529 g/mol. The Labute approximate surface area is 218 Å². The minimum absolute atomic E-state index is 0.0913. The summed E-state index contributed by atoms with van der Waals surface area (Å²) in [6.45, 7) is 4.62. The molecule has 4 unspecified atom stereocenters. The first-order valence-electron chi connectivity index (χ1n) is 12.8. The molecule has 0 aliphatic heterocycles. The van der Waals surface area contributed by atoms with Gasteiger partial charge in [0.25, 0.3) is 0 Å². The molecule has 4 atom stereocenters. The molecule has 0 saturated heterocycles. The highest BCUT2D eigenvalue weighted by molar-refractivity contribution is 5.94. The smallest absolute Gasteiger partial charge is 0.326 e. The summed E-state index contributed by atoms with van der Waals surface area (Å²) in [5.41, 5.74) is 27.5. The van der Waals surface area contributed by atoms with Crippen LogP contribution in [0.5, 0.6) is 0 Å². The lowest BCUT2D eigenvalue weighted by atomic mass is 10.0. The predicted molar refractivity (Wildman–Crippen MR) is 142 cm³/mol. The molecule has 0 bridgehead atoms. The molecular weight excluding hydrogens is 482 g/mol. The molecule has 0 aliphatic rings. The van der Waals surface area contributed by atoms with Gasteiger partial charge in [0.2, 0.25) is 17.7 Å². The maximum Gasteiger partial charge on any atom is 0.326 e. The Morgan fingerprint density at radius 1 is 0.757 bits per heavy atom. The van der Waals surface area contributed by atoms with Gasteiger partial charge >= 0.3 is 5.97 Å². The summed E-state index contributed by atoms with van der Waals surface area (Å²) >= 11 is 0. The van der Waals surface area contributed by atoms with Crippen LogP contribution in [0.15, 0.2) is 4.99 Å². The number of carboxylic acids is 1. The van der Waals surface area contributed by atoms with Crippen LogP contribution >= 0.6 is 0 Å². The first-order valence-corrected chi connectivity index (χ1v) is 12.8. The zero-order valence-corrected chi connectivity index (χ0v) is 22.1. The van der Waals surface area contributed by atoms with E-state index < -0.39 is 47.9 Å². The largest absolute Gasteiger partial charge is 0.480 e. The molecule has 37 heavy (non-hydrogen) atoms. The van der Waals surface area contributed by atoms with Gasteiger partial charge in [0.05, 0.1) is 6.04 Å². The third-order valence-corrected chi connectivity index (χ3v) is 5.69. The van der Waals surface area contributed by atoms with Crippen LogP contribution in [0.2, 0.25) is 0 Å². The quantitative estimate of drug-likeness (QED) is 0.0467. The number of hydrogen-bond acceptors (Lipinski definition) is 8. The second-order valence-electron chi connectivity index (χ2n) is 9.32. The summed E-state index contributed by atoms with van der Waals surface area (Å²) in [6, 6.07) is -3.94. The van der Waals surface area contributed by atoms with Crippen LogP contribution in [0.3, 0.4) is 0 Å². The van der Waals surface area contributed by atoms with E-state index in [1.54, 1.807) is 13.8 Å². The van der Waals surface area contributed by atoms with Gasteiger partial charge in [-0.1, -0.05) is 20.3 Å². The van der Waals surface area contributed by atoms with Crippen molar-refractivity contribution >= 4 is 29.7 Å². The fraction of sp³-hybridized carbons (Fsp3) is 0.783. The van der Waals surface area contributed by atoms with Gasteiger partial charge in [-0.25, -0.2) is 4.79 Å². The zero-order chi connectivity index (χ0) is 28.4. The van der Waals surface area contributed by atoms with E-state index in [2.05, 4.69) is 20.9 Å². The molecule has 14 heteroatoms. The number of carbonyl (C=O) groups excluding carboxylic acids is 3. The van der Waals surface area contributed by atoms with E-state index in [4.69, 9.17) is 28.7 Å². The fourth-order valence-corrected chi connectivity index (χ4v) is 3.49. The Kier molecular flexibility index (Phi) is 17.6. The molecule has 0 aromatic rings. The number of unbranched alkanes of at least 4 members (excludes halogenated alkanes) is 2. The molecule has 0 aromatic carbocycles. The van der Waals surface area contributed by atoms with E-state index in [0.717, 1.165) is 6.42 Å². The molecule has 0 heterocycles. The second kappa shape index (κ2) is 19.2. The number of aliphatic carboxylic acids is 1. The third kappa shape index (κ3) is 15.0. The molecule has 0 spiro atoms. The van der Waals surface area contributed by atoms with Crippen molar-refractivity contribution in [3.05, 3.63) is 0 Å². The molecule has 0 radical (unpaired) electrons. The van der Waals surface area contributed by atoms with Gasteiger partial charge in [0, 0.05) is 6.54 Å². The molecule has 0 aliphatic carbocycles. The van der Waals surface area contributed by atoms with Crippen molar-refractivity contribution in [3.63, 3.8) is 0 Å². The van der Waals surface area contributed by atoms with Gasteiger partial charge in [-0.3, -0.25) is 19.4 Å². The summed E-state index contributed by atoms with van der Waals surface area (Å²) in [4.78, 5) is 54.1. The van der Waals surface area contributed by atoms with Crippen molar-refractivity contribution in [1.82, 2.24) is 16.0 Å². The number of nitrogens with one attached hydrogen (secondary N) is 3. The highest BCUT2D eigenvalue weighted by Crippen LogP contribution is 2.08. The van der Waals surface area contributed by atoms with E-state index in [1.807, 2.05) is 0 Å². The van der Waals surface area contributed by atoms with E-state index in [1.165, 1.54) is 0 Å². The Balaban J connectivity index is 5.36. The van der Waals surface area contributed by atoms with Crippen molar-refractivity contribution in [2.45, 2.75) is 89.4 Å². The number of nitrogens with two attached hydrogens (primary N) is 5. The average Bonchev–Trinajstić information content (AvgIpc) is 2.82. The molecule has 0 rings (SSSR count). The maximum absolute atomic E-state index is 13.1. The third-order valence-electron chi connectivity index (χ3n) is 5.69. The number of hydrogen-bond donors (Lipinski definition) is 9. The lowest BCUT2D eigenvalue weighted by Crippen LogP contribution is -2.58. The first-order chi connectivity index (χ1) is 17.4. The number of carbonyl (C=O) groups is 4. The lowest BCUT2D eigenvalue weighted by Gasteiger charge is -2.27. The molecule has 0 saturated carbocycles. The van der Waals surface area contributed by atoms with Crippen LogP contribution in [0.25, 0.3) is 0 Å². The summed E-state index contributed by atoms with van der Waals surface area (Å²) < 4.78 is 0. The van der Waals surface area contributed by atoms with Crippen molar-refractivity contribution in [2.24, 2.45) is 39.6 Å². The topological polar surface area (TPSA) is 267 Å². The molecule has 0 fully saturated rings. The van der Waals surface area contributed by atoms with Gasteiger partial charge in [0.1, 0.15) is 18.1 Å². The van der Waals surface area contributed by atoms with E-state index >= 15 is 0 Å².